The number of hydrogen-bond acceptors (Lipinski definition) is 9. The van der Waals surface area contributed by atoms with Crippen LogP contribution >= 0.6 is 0 Å². The molecule has 1 fully saturated rings. The third-order valence-electron chi connectivity index (χ3n) is 5.09. The van der Waals surface area contributed by atoms with Crippen molar-refractivity contribution in [2.45, 2.75) is 32.3 Å². The van der Waals surface area contributed by atoms with Gasteiger partial charge in [0, 0.05) is 44.3 Å². The number of carbonyl (C=O) groups is 1. The Morgan fingerprint density at radius 2 is 2.00 bits per heavy atom. The van der Waals surface area contributed by atoms with Gasteiger partial charge < -0.3 is 24.8 Å². The van der Waals surface area contributed by atoms with Gasteiger partial charge in [0.05, 0.1) is 24.2 Å². The molecule has 1 saturated heterocycles. The van der Waals surface area contributed by atoms with Crippen molar-refractivity contribution in [2.24, 2.45) is 0 Å². The highest BCUT2D eigenvalue weighted by molar-refractivity contribution is 7.90. The number of hydrogen-bond donors (Lipinski definition) is 2. The van der Waals surface area contributed by atoms with Crippen molar-refractivity contribution < 1.29 is 27.8 Å². The lowest BCUT2D eigenvalue weighted by Crippen LogP contribution is -2.41. The summed E-state index contributed by atoms with van der Waals surface area (Å²) in [5, 5.41) is 12.3. The number of aromatic nitrogens is 3. The van der Waals surface area contributed by atoms with Crippen LogP contribution in [0.5, 0.6) is 11.6 Å². The second-order valence-corrected chi connectivity index (χ2v) is 9.85. The first-order valence-corrected chi connectivity index (χ1v) is 12.2. The fraction of sp³-hybridized carbons (Fsp3) is 0.500. The number of pyridine rings is 1. The molecule has 3 heterocycles. The van der Waals surface area contributed by atoms with Crippen molar-refractivity contribution in [3.8, 4) is 11.6 Å². The van der Waals surface area contributed by atoms with E-state index in [4.69, 9.17) is 14.6 Å². The van der Waals surface area contributed by atoms with E-state index >= 15 is 0 Å². The number of anilines is 2. The highest BCUT2D eigenvalue weighted by Crippen LogP contribution is 2.35. The largest absolute Gasteiger partial charge is 0.489 e. The molecular formula is C20H27N5O6S. The minimum Gasteiger partial charge on any atom is -0.489 e. The second kappa shape index (κ2) is 9.98. The van der Waals surface area contributed by atoms with Crippen LogP contribution in [0.1, 0.15) is 24.2 Å². The summed E-state index contributed by atoms with van der Waals surface area (Å²) in [7, 11) is -1.57. The van der Waals surface area contributed by atoms with E-state index in [-0.39, 0.29) is 17.7 Å². The molecule has 32 heavy (non-hydrogen) atoms. The lowest BCUT2D eigenvalue weighted by atomic mass is 10.1. The van der Waals surface area contributed by atoms with E-state index in [9.17, 15) is 13.2 Å². The number of rotatable bonds is 8. The zero-order valence-corrected chi connectivity index (χ0v) is 19.1. The average molecular weight is 466 g/mol. The topological polar surface area (TPSA) is 144 Å². The van der Waals surface area contributed by atoms with E-state index in [1.807, 2.05) is 13.0 Å². The van der Waals surface area contributed by atoms with Crippen LogP contribution in [0.2, 0.25) is 0 Å². The average Bonchev–Trinajstić information content (AvgIpc) is 2.74. The molecule has 174 valence electrons. The van der Waals surface area contributed by atoms with Gasteiger partial charge in [-0.2, -0.15) is 4.98 Å². The maximum Gasteiger partial charge on any atom is 0.407 e. The number of nitrogens with zero attached hydrogens (tertiary/aromatic N) is 4. The molecule has 1 amide bonds. The summed E-state index contributed by atoms with van der Waals surface area (Å²) in [5.41, 5.74) is 2.05. The van der Waals surface area contributed by atoms with Crippen LogP contribution in [0, 0.1) is 6.92 Å². The Morgan fingerprint density at radius 3 is 2.59 bits per heavy atom. The first kappa shape index (κ1) is 23.5. The molecule has 0 bridgehead atoms. The van der Waals surface area contributed by atoms with Gasteiger partial charge in [-0.15, -0.1) is 0 Å². The zero-order chi connectivity index (χ0) is 23.3. The number of carboxylic acid groups (broad SMARTS) is 1. The normalized spacial score (nSPS) is 14.8. The van der Waals surface area contributed by atoms with E-state index in [1.165, 1.54) is 24.6 Å². The summed E-state index contributed by atoms with van der Waals surface area (Å²) in [5.74, 6) is 1.04. The highest BCUT2D eigenvalue weighted by Gasteiger charge is 2.25. The molecule has 1 aliphatic heterocycles. The molecule has 0 radical (unpaired) electrons. The van der Waals surface area contributed by atoms with E-state index in [0.717, 1.165) is 0 Å². The number of sulfone groups is 1. The van der Waals surface area contributed by atoms with Gasteiger partial charge in [0.1, 0.15) is 22.3 Å². The monoisotopic (exact) mass is 465 g/mol. The summed E-state index contributed by atoms with van der Waals surface area (Å²) >= 11 is 0. The lowest BCUT2D eigenvalue weighted by Gasteiger charge is -2.30. The molecule has 1 aliphatic rings. The highest BCUT2D eigenvalue weighted by atomic mass is 32.2. The Labute approximate surface area is 186 Å². The second-order valence-electron chi connectivity index (χ2n) is 7.59. The van der Waals surface area contributed by atoms with Gasteiger partial charge in [0.25, 0.3) is 5.88 Å². The van der Waals surface area contributed by atoms with Crippen LogP contribution in [0.25, 0.3) is 0 Å². The number of piperidine rings is 1. The zero-order valence-electron chi connectivity index (χ0n) is 18.2. The maximum absolute atomic E-state index is 11.4. The summed E-state index contributed by atoms with van der Waals surface area (Å²) in [4.78, 5) is 25.3. The molecule has 2 aromatic rings. The molecule has 0 aliphatic carbocycles. The van der Waals surface area contributed by atoms with Crippen LogP contribution < -0.4 is 14.8 Å². The number of nitrogens with one attached hydrogen (secondary N) is 1. The summed E-state index contributed by atoms with van der Waals surface area (Å²) in [6.07, 6.45) is 2.90. The predicted octanol–water partition coefficient (Wildman–Crippen LogP) is 2.04. The van der Waals surface area contributed by atoms with Crippen molar-refractivity contribution in [1.82, 2.24) is 19.9 Å². The molecule has 0 saturated carbocycles. The van der Waals surface area contributed by atoms with Crippen LogP contribution in [0.4, 0.5) is 16.3 Å². The molecule has 2 aromatic heterocycles. The molecular weight excluding hydrogens is 438 g/mol. The van der Waals surface area contributed by atoms with Gasteiger partial charge in [-0.3, -0.25) is 4.98 Å². The number of ether oxygens (including phenoxy) is 2. The Kier molecular flexibility index (Phi) is 7.33. The van der Waals surface area contributed by atoms with E-state index in [0.29, 0.717) is 61.0 Å². The molecule has 11 nitrogen and oxygen atoms in total. The lowest BCUT2D eigenvalue weighted by molar-refractivity contribution is 0.0852. The predicted molar refractivity (Wildman–Crippen MR) is 118 cm³/mol. The third-order valence-corrected chi connectivity index (χ3v) is 6.04. The molecule has 12 heteroatoms. The van der Waals surface area contributed by atoms with Crippen molar-refractivity contribution in [1.29, 1.82) is 0 Å². The van der Waals surface area contributed by atoms with Crippen molar-refractivity contribution >= 4 is 27.4 Å². The van der Waals surface area contributed by atoms with Crippen molar-refractivity contribution in [3.05, 3.63) is 29.8 Å². The Balaban J connectivity index is 1.72. The van der Waals surface area contributed by atoms with Gasteiger partial charge in [-0.05, 0) is 19.1 Å². The standard InChI is InChI=1S/C20H27N5O6S/c1-13-16(5-4-14(23-13)8-11-32(3,28)29)24-18-17(30-2)19(22-12-21-18)31-15-6-9-25(10-7-15)20(26)27/h4-5,12,15H,6-11H2,1-3H3,(H,26,27)(H,21,22,24). The first-order chi connectivity index (χ1) is 15.2. The van der Waals surface area contributed by atoms with Gasteiger partial charge in [-0.25, -0.2) is 18.2 Å². The Morgan fingerprint density at radius 1 is 1.28 bits per heavy atom. The SMILES string of the molecule is COc1c(Nc2ccc(CCS(C)(=O)=O)nc2C)ncnc1OC1CCN(C(=O)O)CC1. The van der Waals surface area contributed by atoms with Crippen LogP contribution in [0.15, 0.2) is 18.5 Å². The van der Waals surface area contributed by atoms with E-state index in [2.05, 4.69) is 20.3 Å². The molecule has 0 atom stereocenters. The first-order valence-electron chi connectivity index (χ1n) is 10.1. The van der Waals surface area contributed by atoms with Crippen molar-refractivity contribution in [3.63, 3.8) is 0 Å². The molecule has 0 unspecified atom stereocenters. The fourth-order valence-electron chi connectivity index (χ4n) is 3.34. The van der Waals surface area contributed by atoms with Gasteiger partial charge in [-0.1, -0.05) is 0 Å². The molecule has 0 spiro atoms. The van der Waals surface area contributed by atoms with E-state index in [1.54, 1.807) is 6.07 Å². The van der Waals surface area contributed by atoms with Gasteiger partial charge >= 0.3 is 6.09 Å². The van der Waals surface area contributed by atoms with Crippen molar-refractivity contribution in [2.75, 3.05) is 37.5 Å². The molecule has 3 rings (SSSR count). The Hall–Kier alpha value is -3.15. The third kappa shape index (κ3) is 6.19. The van der Waals surface area contributed by atoms with E-state index < -0.39 is 15.9 Å². The Bertz CT molecular complexity index is 1070. The number of amides is 1. The van der Waals surface area contributed by atoms with Crippen LogP contribution in [-0.2, 0) is 16.3 Å². The minimum absolute atomic E-state index is 0.0397. The minimum atomic E-state index is -3.06. The smallest absolute Gasteiger partial charge is 0.407 e. The summed E-state index contributed by atoms with van der Waals surface area (Å²) in [6, 6.07) is 3.57. The maximum atomic E-state index is 11.4. The number of likely N-dealkylation sites (tertiary alicyclic amines) is 1. The van der Waals surface area contributed by atoms with Crippen LogP contribution in [-0.4, -0.2) is 77.8 Å². The summed E-state index contributed by atoms with van der Waals surface area (Å²) < 4.78 is 34.2. The van der Waals surface area contributed by atoms with Gasteiger partial charge in [0.15, 0.2) is 5.82 Å². The quantitative estimate of drug-likeness (QED) is 0.594. The fourth-order valence-corrected chi connectivity index (χ4v) is 3.92. The van der Waals surface area contributed by atoms with Crippen LogP contribution in [0.3, 0.4) is 0 Å². The number of aryl methyl sites for hydroxylation is 2. The molecule has 2 N–H and O–H groups in total. The van der Waals surface area contributed by atoms with Gasteiger partial charge in [0.2, 0.25) is 5.75 Å². The molecule has 0 aromatic carbocycles. The number of methoxy groups -OCH3 is 1. The summed E-state index contributed by atoms with van der Waals surface area (Å²) in [6.45, 7) is 2.61.